The van der Waals surface area contributed by atoms with Gasteiger partial charge in [0.2, 0.25) is 0 Å². The Hall–Kier alpha value is -1.03. The van der Waals surface area contributed by atoms with Crippen LogP contribution in [0.4, 0.5) is 0 Å². The molecule has 1 aromatic rings. The van der Waals surface area contributed by atoms with E-state index in [0.29, 0.717) is 11.3 Å². The van der Waals surface area contributed by atoms with Crippen LogP contribution in [0, 0.1) is 0 Å². The average Bonchev–Trinajstić information content (AvgIpc) is 2.90. The molecule has 3 nitrogen and oxygen atoms in total. The molecule has 0 aromatic heterocycles. The normalized spacial score (nSPS) is 14.9. The highest BCUT2D eigenvalue weighted by atomic mass is 79.9. The predicted molar refractivity (Wildman–Crippen MR) is 75.2 cm³/mol. The molecular weight excluding hydrogens is 294 g/mol. The number of nitrogens with zero attached hydrogens (tertiary/aromatic N) is 1. The number of aryl methyl sites for hydroxylation is 1. The van der Waals surface area contributed by atoms with E-state index >= 15 is 0 Å². The molecule has 98 valence electrons. The number of amides is 1. The number of ether oxygens (including phenoxy) is 1. The molecule has 0 N–H and O–H groups in total. The van der Waals surface area contributed by atoms with Gasteiger partial charge in [-0.1, -0.05) is 6.92 Å². The third-order valence-electron chi connectivity index (χ3n) is 3.34. The van der Waals surface area contributed by atoms with Crippen LogP contribution in [0.5, 0.6) is 5.75 Å². The summed E-state index contributed by atoms with van der Waals surface area (Å²) in [5.74, 6) is 0.726. The highest BCUT2D eigenvalue weighted by molar-refractivity contribution is 9.10. The van der Waals surface area contributed by atoms with E-state index in [9.17, 15) is 4.79 Å². The van der Waals surface area contributed by atoms with E-state index < -0.39 is 0 Å². The van der Waals surface area contributed by atoms with Crippen molar-refractivity contribution in [2.45, 2.75) is 26.2 Å². The molecule has 18 heavy (non-hydrogen) atoms. The van der Waals surface area contributed by atoms with Crippen molar-refractivity contribution >= 4 is 21.8 Å². The molecule has 1 aliphatic rings. The molecule has 0 bridgehead atoms. The molecule has 4 heteroatoms. The third kappa shape index (κ3) is 2.53. The maximum Gasteiger partial charge on any atom is 0.257 e. The number of likely N-dealkylation sites (tertiary alicyclic amines) is 1. The minimum atomic E-state index is 0.0837. The topological polar surface area (TPSA) is 29.5 Å². The van der Waals surface area contributed by atoms with Gasteiger partial charge >= 0.3 is 0 Å². The summed E-state index contributed by atoms with van der Waals surface area (Å²) in [6.45, 7) is 3.80. The van der Waals surface area contributed by atoms with Gasteiger partial charge in [0.05, 0.1) is 17.1 Å². The standard InChI is InChI=1S/C14H18BrNO2/c1-3-10-8-11(13(18-2)12(15)9-10)14(17)16-6-4-5-7-16/h8-9H,3-7H2,1-2H3. The summed E-state index contributed by atoms with van der Waals surface area (Å²) in [6, 6.07) is 3.96. The van der Waals surface area contributed by atoms with Gasteiger partial charge in [-0.2, -0.15) is 0 Å². The molecule has 0 atom stereocenters. The Morgan fingerprint density at radius 2 is 2.06 bits per heavy atom. The van der Waals surface area contributed by atoms with Gasteiger partial charge in [0, 0.05) is 13.1 Å². The fourth-order valence-electron chi connectivity index (χ4n) is 2.31. The molecule has 0 saturated carbocycles. The van der Waals surface area contributed by atoms with Crippen molar-refractivity contribution in [3.8, 4) is 5.75 Å². The Kier molecular flexibility index (Phi) is 4.27. The summed E-state index contributed by atoms with van der Waals surface area (Å²) in [5.41, 5.74) is 1.82. The number of hydrogen-bond donors (Lipinski definition) is 0. The molecule has 1 aliphatic heterocycles. The van der Waals surface area contributed by atoms with Crippen LogP contribution in [0.1, 0.15) is 35.7 Å². The van der Waals surface area contributed by atoms with Gasteiger partial charge in [-0.25, -0.2) is 0 Å². The van der Waals surface area contributed by atoms with Gasteiger partial charge in [-0.15, -0.1) is 0 Å². The van der Waals surface area contributed by atoms with Crippen LogP contribution in [0.3, 0.4) is 0 Å². The van der Waals surface area contributed by atoms with Gasteiger partial charge in [-0.05, 0) is 52.9 Å². The summed E-state index contributed by atoms with van der Waals surface area (Å²) in [4.78, 5) is 14.4. The summed E-state index contributed by atoms with van der Waals surface area (Å²) in [5, 5.41) is 0. The fraction of sp³-hybridized carbons (Fsp3) is 0.500. The lowest BCUT2D eigenvalue weighted by Gasteiger charge is -2.18. The molecule has 0 unspecified atom stereocenters. The number of hydrogen-bond acceptors (Lipinski definition) is 2. The zero-order valence-corrected chi connectivity index (χ0v) is 12.4. The maximum atomic E-state index is 12.5. The minimum absolute atomic E-state index is 0.0837. The summed E-state index contributed by atoms with van der Waals surface area (Å²) < 4.78 is 6.22. The molecule has 1 amide bonds. The third-order valence-corrected chi connectivity index (χ3v) is 3.93. The molecule has 2 rings (SSSR count). The van der Waals surface area contributed by atoms with E-state index in [-0.39, 0.29) is 5.91 Å². The second-order valence-corrected chi connectivity index (χ2v) is 5.37. The molecule has 0 radical (unpaired) electrons. The number of carbonyl (C=O) groups is 1. The van der Waals surface area contributed by atoms with Crippen LogP contribution in [0.25, 0.3) is 0 Å². The van der Waals surface area contributed by atoms with Crippen LogP contribution in [-0.4, -0.2) is 31.0 Å². The highest BCUT2D eigenvalue weighted by Crippen LogP contribution is 2.32. The van der Waals surface area contributed by atoms with Crippen molar-refractivity contribution in [2.24, 2.45) is 0 Å². The van der Waals surface area contributed by atoms with Gasteiger partial charge < -0.3 is 9.64 Å². The van der Waals surface area contributed by atoms with Crippen molar-refractivity contribution in [3.05, 3.63) is 27.7 Å². The largest absolute Gasteiger partial charge is 0.495 e. The first-order valence-electron chi connectivity index (χ1n) is 6.33. The monoisotopic (exact) mass is 311 g/mol. The molecule has 0 aliphatic carbocycles. The Morgan fingerprint density at radius 1 is 1.39 bits per heavy atom. The molecule has 1 aromatic carbocycles. The number of rotatable bonds is 3. The maximum absolute atomic E-state index is 12.5. The van der Waals surface area contributed by atoms with Gasteiger partial charge in [-0.3, -0.25) is 4.79 Å². The van der Waals surface area contributed by atoms with Crippen molar-refractivity contribution in [1.29, 1.82) is 0 Å². The van der Waals surface area contributed by atoms with Gasteiger partial charge in [0.25, 0.3) is 5.91 Å². The quantitative estimate of drug-likeness (QED) is 0.857. The second kappa shape index (κ2) is 5.74. The zero-order chi connectivity index (χ0) is 13.1. The number of carbonyl (C=O) groups excluding carboxylic acids is 1. The Bertz CT molecular complexity index is 453. The van der Waals surface area contributed by atoms with Gasteiger partial charge in [0.15, 0.2) is 0 Å². The molecule has 0 spiro atoms. The van der Waals surface area contributed by atoms with E-state index in [0.717, 1.165) is 42.4 Å². The highest BCUT2D eigenvalue weighted by Gasteiger charge is 2.24. The van der Waals surface area contributed by atoms with Gasteiger partial charge in [0.1, 0.15) is 5.75 Å². The lowest BCUT2D eigenvalue weighted by atomic mass is 10.1. The van der Waals surface area contributed by atoms with Crippen molar-refractivity contribution < 1.29 is 9.53 Å². The van der Waals surface area contributed by atoms with E-state index in [1.54, 1.807) is 7.11 Å². The van der Waals surface area contributed by atoms with Crippen molar-refractivity contribution in [2.75, 3.05) is 20.2 Å². The fourth-order valence-corrected chi connectivity index (χ4v) is 2.98. The first-order chi connectivity index (χ1) is 8.67. The van der Waals surface area contributed by atoms with E-state index in [4.69, 9.17) is 4.74 Å². The van der Waals surface area contributed by atoms with Crippen LogP contribution in [0.2, 0.25) is 0 Å². The Balaban J connectivity index is 2.40. The number of methoxy groups -OCH3 is 1. The number of halogens is 1. The van der Waals surface area contributed by atoms with Crippen molar-refractivity contribution in [3.63, 3.8) is 0 Å². The molecule has 1 heterocycles. The zero-order valence-electron chi connectivity index (χ0n) is 10.8. The molecule has 1 fully saturated rings. The van der Waals surface area contributed by atoms with Crippen LogP contribution < -0.4 is 4.74 Å². The minimum Gasteiger partial charge on any atom is -0.495 e. The summed E-state index contributed by atoms with van der Waals surface area (Å²) in [6.07, 6.45) is 3.11. The first kappa shape index (κ1) is 13.4. The van der Waals surface area contributed by atoms with E-state index in [1.165, 1.54) is 0 Å². The summed E-state index contributed by atoms with van der Waals surface area (Å²) in [7, 11) is 1.60. The number of benzene rings is 1. The molecule has 1 saturated heterocycles. The SMILES string of the molecule is CCc1cc(Br)c(OC)c(C(=O)N2CCCC2)c1. The summed E-state index contributed by atoms with van der Waals surface area (Å²) >= 11 is 3.48. The lowest BCUT2D eigenvalue weighted by Crippen LogP contribution is -2.28. The van der Waals surface area contributed by atoms with E-state index in [2.05, 4.69) is 22.9 Å². The van der Waals surface area contributed by atoms with Crippen molar-refractivity contribution in [1.82, 2.24) is 4.90 Å². The van der Waals surface area contributed by atoms with Crippen LogP contribution in [0.15, 0.2) is 16.6 Å². The predicted octanol–water partition coefficient (Wildman–Crippen LogP) is 3.26. The lowest BCUT2D eigenvalue weighted by molar-refractivity contribution is 0.0789. The Morgan fingerprint density at radius 3 is 2.61 bits per heavy atom. The van der Waals surface area contributed by atoms with Crippen LogP contribution >= 0.6 is 15.9 Å². The average molecular weight is 312 g/mol. The second-order valence-electron chi connectivity index (χ2n) is 4.51. The molecular formula is C14H18BrNO2. The Labute approximate surface area is 116 Å². The smallest absolute Gasteiger partial charge is 0.257 e. The first-order valence-corrected chi connectivity index (χ1v) is 7.12. The van der Waals surface area contributed by atoms with Crippen LogP contribution in [-0.2, 0) is 6.42 Å². The van der Waals surface area contributed by atoms with E-state index in [1.807, 2.05) is 17.0 Å².